The number of benzene rings is 1. The van der Waals surface area contributed by atoms with Gasteiger partial charge in [0.1, 0.15) is 0 Å². The molecule has 1 aromatic heterocycles. The number of nitrogens with zero attached hydrogens (tertiary/aromatic N) is 2. The minimum Gasteiger partial charge on any atom is -0.398 e. The maximum atomic E-state index is 12.3. The molecular weight excluding hydrogens is 257 g/mol. The van der Waals surface area contributed by atoms with Crippen molar-refractivity contribution in [2.24, 2.45) is 0 Å². The van der Waals surface area contributed by atoms with Crippen LogP contribution in [0.1, 0.15) is 5.82 Å². The highest BCUT2D eigenvalue weighted by molar-refractivity contribution is 6.33. The summed E-state index contributed by atoms with van der Waals surface area (Å²) in [7, 11) is 0. The van der Waals surface area contributed by atoms with Crippen molar-refractivity contribution in [1.82, 2.24) is 15.2 Å². The van der Waals surface area contributed by atoms with Gasteiger partial charge in [0.2, 0.25) is 5.82 Å². The fourth-order valence-corrected chi connectivity index (χ4v) is 1.32. The van der Waals surface area contributed by atoms with E-state index >= 15 is 0 Å². The fourth-order valence-electron chi connectivity index (χ4n) is 1.20. The van der Waals surface area contributed by atoms with E-state index in [2.05, 4.69) is 10.1 Å². The monoisotopic (exact) mass is 262 g/mol. The molecule has 0 spiro atoms. The molecule has 0 aliphatic rings. The minimum absolute atomic E-state index is 0.0827. The predicted molar refractivity (Wildman–Crippen MR) is 56.2 cm³/mol. The van der Waals surface area contributed by atoms with Crippen molar-refractivity contribution in [3.05, 3.63) is 29.0 Å². The van der Waals surface area contributed by atoms with Crippen LogP contribution in [-0.4, -0.2) is 15.2 Å². The average molecular weight is 263 g/mol. The van der Waals surface area contributed by atoms with E-state index in [9.17, 15) is 13.2 Å². The lowest BCUT2D eigenvalue weighted by Gasteiger charge is -2.00. The average Bonchev–Trinajstić information content (AvgIpc) is 2.70. The number of rotatable bonds is 1. The maximum absolute atomic E-state index is 12.3. The van der Waals surface area contributed by atoms with E-state index in [1.54, 1.807) is 0 Å². The van der Waals surface area contributed by atoms with E-state index in [0.717, 1.165) is 0 Å². The summed E-state index contributed by atoms with van der Waals surface area (Å²) in [6.07, 6.45) is -4.55. The Kier molecular flexibility index (Phi) is 2.70. The number of alkyl halides is 3. The van der Waals surface area contributed by atoms with Gasteiger partial charge < -0.3 is 5.73 Å². The van der Waals surface area contributed by atoms with Crippen LogP contribution in [0.15, 0.2) is 18.2 Å². The lowest BCUT2D eigenvalue weighted by atomic mass is 10.2. The van der Waals surface area contributed by atoms with Gasteiger partial charge in [-0.05, 0) is 18.2 Å². The molecule has 17 heavy (non-hydrogen) atoms. The van der Waals surface area contributed by atoms with E-state index in [1.807, 2.05) is 5.10 Å². The van der Waals surface area contributed by atoms with Crippen molar-refractivity contribution in [2.75, 3.05) is 5.73 Å². The molecule has 0 radical (unpaired) electrons. The summed E-state index contributed by atoms with van der Waals surface area (Å²) in [6, 6.07) is 4.36. The Morgan fingerprint density at radius 1 is 1.29 bits per heavy atom. The van der Waals surface area contributed by atoms with Gasteiger partial charge in [-0.1, -0.05) is 11.6 Å². The molecule has 0 aliphatic carbocycles. The van der Waals surface area contributed by atoms with Gasteiger partial charge in [-0.3, -0.25) is 5.10 Å². The zero-order valence-electron chi connectivity index (χ0n) is 8.22. The summed E-state index contributed by atoms with van der Waals surface area (Å²) in [4.78, 5) is 3.33. The first-order chi connectivity index (χ1) is 7.88. The second kappa shape index (κ2) is 3.92. The summed E-state index contributed by atoms with van der Waals surface area (Å²) < 4.78 is 36.8. The van der Waals surface area contributed by atoms with Crippen LogP contribution in [-0.2, 0) is 6.18 Å². The first-order valence-electron chi connectivity index (χ1n) is 4.43. The number of anilines is 1. The van der Waals surface area contributed by atoms with Crippen LogP contribution in [0.25, 0.3) is 11.4 Å². The minimum atomic E-state index is -4.55. The van der Waals surface area contributed by atoms with Crippen LogP contribution in [0.5, 0.6) is 0 Å². The molecule has 0 fully saturated rings. The van der Waals surface area contributed by atoms with E-state index in [4.69, 9.17) is 17.3 Å². The Hall–Kier alpha value is -1.76. The summed E-state index contributed by atoms with van der Waals surface area (Å²) >= 11 is 5.69. The second-order valence-corrected chi connectivity index (χ2v) is 3.65. The van der Waals surface area contributed by atoms with Gasteiger partial charge in [0.25, 0.3) is 0 Å². The first-order valence-corrected chi connectivity index (χ1v) is 4.81. The van der Waals surface area contributed by atoms with Crippen LogP contribution in [0.4, 0.5) is 18.9 Å². The maximum Gasteiger partial charge on any atom is 0.451 e. The molecule has 2 rings (SSSR count). The quantitative estimate of drug-likeness (QED) is 0.777. The Bertz CT molecular complexity index is 549. The lowest BCUT2D eigenvalue weighted by Crippen LogP contribution is -2.07. The standard InChI is InChI=1S/C9H6ClF3N4/c10-5-2-1-4(3-6(5)14)7-15-8(17-16-7)9(11,12)13/h1-3H,14H2,(H,15,16,17). The van der Waals surface area contributed by atoms with Crippen molar-refractivity contribution in [3.63, 3.8) is 0 Å². The van der Waals surface area contributed by atoms with Gasteiger partial charge in [-0.15, -0.1) is 0 Å². The number of aromatic amines is 1. The molecule has 3 N–H and O–H groups in total. The zero-order chi connectivity index (χ0) is 12.6. The summed E-state index contributed by atoms with van der Waals surface area (Å²) in [5.41, 5.74) is 6.14. The number of nitrogen functional groups attached to an aromatic ring is 1. The smallest absolute Gasteiger partial charge is 0.398 e. The lowest BCUT2D eigenvalue weighted by molar-refractivity contribution is -0.144. The first kappa shape index (κ1) is 11.7. The van der Waals surface area contributed by atoms with Gasteiger partial charge >= 0.3 is 6.18 Å². The predicted octanol–water partition coefficient (Wildman–Crippen LogP) is 2.73. The van der Waals surface area contributed by atoms with Gasteiger partial charge in [-0.2, -0.15) is 18.3 Å². The van der Waals surface area contributed by atoms with E-state index < -0.39 is 12.0 Å². The molecule has 0 saturated carbocycles. The number of hydrogen-bond donors (Lipinski definition) is 2. The van der Waals surface area contributed by atoms with Crippen molar-refractivity contribution < 1.29 is 13.2 Å². The summed E-state index contributed by atoms with van der Waals surface area (Å²) in [5.74, 6) is -1.23. The third kappa shape index (κ3) is 2.33. The molecule has 90 valence electrons. The Labute approximate surface area is 98.6 Å². The number of aromatic nitrogens is 3. The molecule has 0 atom stereocenters. The second-order valence-electron chi connectivity index (χ2n) is 3.24. The molecule has 0 saturated heterocycles. The topological polar surface area (TPSA) is 67.6 Å². The van der Waals surface area contributed by atoms with Gasteiger partial charge in [-0.25, -0.2) is 4.98 Å². The number of nitrogens with one attached hydrogen (secondary N) is 1. The molecule has 0 amide bonds. The molecule has 0 bridgehead atoms. The van der Waals surface area contributed by atoms with E-state index in [1.165, 1.54) is 18.2 Å². The molecule has 0 unspecified atom stereocenters. The van der Waals surface area contributed by atoms with Gasteiger partial charge in [0, 0.05) is 5.56 Å². The molecule has 1 heterocycles. The number of halogens is 4. The molecular formula is C9H6ClF3N4. The Morgan fingerprint density at radius 2 is 2.00 bits per heavy atom. The third-order valence-corrected chi connectivity index (χ3v) is 2.35. The highest BCUT2D eigenvalue weighted by Gasteiger charge is 2.35. The molecule has 0 aliphatic heterocycles. The van der Waals surface area contributed by atoms with E-state index in [0.29, 0.717) is 10.6 Å². The highest BCUT2D eigenvalue weighted by atomic mass is 35.5. The fraction of sp³-hybridized carbons (Fsp3) is 0.111. The van der Waals surface area contributed by atoms with Gasteiger partial charge in [0.05, 0.1) is 10.7 Å². The van der Waals surface area contributed by atoms with Crippen LogP contribution < -0.4 is 5.73 Å². The van der Waals surface area contributed by atoms with Crippen LogP contribution in [0, 0.1) is 0 Å². The number of H-pyrrole nitrogens is 1. The number of nitrogens with two attached hydrogens (primary N) is 1. The SMILES string of the molecule is Nc1cc(-c2n[nH]c(C(F)(F)F)n2)ccc1Cl. The molecule has 1 aromatic carbocycles. The van der Waals surface area contributed by atoms with Crippen LogP contribution in [0.3, 0.4) is 0 Å². The summed E-state index contributed by atoms with van der Waals surface area (Å²) in [5, 5.41) is 5.61. The van der Waals surface area contributed by atoms with Gasteiger partial charge in [0.15, 0.2) is 5.82 Å². The third-order valence-electron chi connectivity index (χ3n) is 2.01. The van der Waals surface area contributed by atoms with E-state index in [-0.39, 0.29) is 11.5 Å². The normalized spacial score (nSPS) is 11.8. The van der Waals surface area contributed by atoms with Crippen molar-refractivity contribution in [2.45, 2.75) is 6.18 Å². The Balaban J connectivity index is 2.40. The largest absolute Gasteiger partial charge is 0.451 e. The molecule has 4 nitrogen and oxygen atoms in total. The Morgan fingerprint density at radius 3 is 2.53 bits per heavy atom. The summed E-state index contributed by atoms with van der Waals surface area (Å²) in [6.45, 7) is 0. The van der Waals surface area contributed by atoms with Crippen molar-refractivity contribution in [1.29, 1.82) is 0 Å². The van der Waals surface area contributed by atoms with Crippen LogP contribution in [0.2, 0.25) is 5.02 Å². The highest BCUT2D eigenvalue weighted by Crippen LogP contribution is 2.29. The van der Waals surface area contributed by atoms with Crippen LogP contribution >= 0.6 is 11.6 Å². The van der Waals surface area contributed by atoms with Crippen molar-refractivity contribution >= 4 is 17.3 Å². The molecule has 8 heteroatoms. The molecule has 2 aromatic rings. The zero-order valence-corrected chi connectivity index (χ0v) is 8.97. The van der Waals surface area contributed by atoms with Crippen molar-refractivity contribution in [3.8, 4) is 11.4 Å². The number of hydrogen-bond acceptors (Lipinski definition) is 3.